The molecule has 1 aliphatic carbocycles. The minimum absolute atomic E-state index is 0.266. The quantitative estimate of drug-likeness (QED) is 0.176. The van der Waals surface area contributed by atoms with Crippen molar-refractivity contribution < 1.29 is 8.42 Å². The average molecular weight is 898 g/mol. The Kier molecular flexibility index (Phi) is 8.15. The standard InChI is InChI=1S/C32H22N4O2S.C26H17N3/c1-21-14-17-23(18-15-21)39(37,38)36-27-10-4-2-8-24(27)25-20-22(16-19-28(25)36)34-30-12-6-7-13-31(30)35-29-11-5-3-9-26(29)33-32(34)35;1-2-8-20-17(7-1)15-18-13-14-19(16-21(18)20)28-24-11-5-6-12-25(24)29-23-10-4-3-9-22(23)27-26(28)29/h2-20H,1H3;1-14,16H,15H2. The Balaban J connectivity index is 0.000000134. The van der Waals surface area contributed by atoms with Gasteiger partial charge in [0.2, 0.25) is 11.6 Å². The maximum atomic E-state index is 13.9. The van der Waals surface area contributed by atoms with Gasteiger partial charge in [0.1, 0.15) is 0 Å². The van der Waals surface area contributed by atoms with Gasteiger partial charge in [-0.05, 0) is 133 Å². The third-order valence-electron chi connectivity index (χ3n) is 13.7. The predicted octanol–water partition coefficient (Wildman–Crippen LogP) is 13.1. The number of para-hydroxylation sites is 9. The van der Waals surface area contributed by atoms with E-state index in [1.54, 1.807) is 12.1 Å². The van der Waals surface area contributed by atoms with Crippen LogP contribution in [0.4, 0.5) is 0 Å². The molecular weight excluding hydrogens is 859 g/mol. The monoisotopic (exact) mass is 897 g/mol. The third-order valence-corrected chi connectivity index (χ3v) is 15.4. The van der Waals surface area contributed by atoms with Crippen LogP contribution in [0.1, 0.15) is 16.7 Å². The molecule has 0 fully saturated rings. The van der Waals surface area contributed by atoms with Crippen molar-refractivity contribution in [1.29, 1.82) is 0 Å². The minimum atomic E-state index is -3.83. The van der Waals surface area contributed by atoms with Crippen LogP contribution in [-0.4, -0.2) is 40.3 Å². The summed E-state index contributed by atoms with van der Waals surface area (Å²) in [7, 11) is -3.83. The van der Waals surface area contributed by atoms with Crippen LogP contribution in [-0.2, 0) is 16.4 Å². The summed E-state index contributed by atoms with van der Waals surface area (Å²) in [4.78, 5) is 10.2. The molecule has 0 amide bonds. The van der Waals surface area contributed by atoms with Crippen molar-refractivity contribution in [2.45, 2.75) is 18.2 Å². The van der Waals surface area contributed by atoms with Gasteiger partial charge in [-0.3, -0.25) is 17.9 Å². The van der Waals surface area contributed by atoms with Crippen LogP contribution in [0, 0.1) is 6.92 Å². The molecule has 5 heterocycles. The molecule has 14 aromatic rings. The largest absolute Gasteiger partial charge is 0.278 e. The number of aromatic nitrogens is 7. The van der Waals surface area contributed by atoms with Crippen molar-refractivity contribution in [2.24, 2.45) is 0 Å². The van der Waals surface area contributed by atoms with Crippen molar-refractivity contribution in [2.75, 3.05) is 0 Å². The lowest BCUT2D eigenvalue weighted by Crippen LogP contribution is -2.12. The highest BCUT2D eigenvalue weighted by molar-refractivity contribution is 7.90. The van der Waals surface area contributed by atoms with Gasteiger partial charge in [-0.15, -0.1) is 0 Å². The van der Waals surface area contributed by atoms with Crippen LogP contribution in [0.5, 0.6) is 0 Å². The van der Waals surface area contributed by atoms with Gasteiger partial charge in [-0.1, -0.05) is 115 Å². The smallest absolute Gasteiger partial charge is 0.268 e. The van der Waals surface area contributed by atoms with E-state index in [-0.39, 0.29) is 4.90 Å². The zero-order valence-electron chi connectivity index (χ0n) is 36.7. The van der Waals surface area contributed by atoms with E-state index in [1.807, 2.05) is 91.9 Å². The molecule has 0 radical (unpaired) electrons. The number of benzene rings is 9. The molecule has 5 aromatic heterocycles. The molecule has 1 aliphatic rings. The second-order valence-electron chi connectivity index (χ2n) is 17.6. The van der Waals surface area contributed by atoms with Gasteiger partial charge in [0.25, 0.3) is 10.0 Å². The molecule has 9 nitrogen and oxygen atoms in total. The zero-order valence-corrected chi connectivity index (χ0v) is 37.5. The molecule has 0 unspecified atom stereocenters. The molecular formula is C58H39N7O2S. The number of hydrogen-bond acceptors (Lipinski definition) is 4. The van der Waals surface area contributed by atoms with E-state index in [2.05, 4.69) is 127 Å². The Labute approximate surface area is 389 Å². The molecule has 0 atom stereocenters. The first-order chi connectivity index (χ1) is 33.4. The SMILES string of the molecule is Cc1ccc(S(=O)(=O)n2c3ccccc3c3cc(-n4c5ccccc5n5c6ccccc6nc45)ccc32)cc1.c1ccc2c(c1)Cc1ccc(-n3c4ccccc4n4c5ccccc5nc34)cc1-2. The lowest BCUT2D eigenvalue weighted by molar-refractivity contribution is 0.590. The fourth-order valence-electron chi connectivity index (χ4n) is 10.6. The Hall–Kier alpha value is -8.73. The molecule has 68 heavy (non-hydrogen) atoms. The molecule has 15 rings (SSSR count). The highest BCUT2D eigenvalue weighted by Gasteiger charge is 2.25. The predicted molar refractivity (Wildman–Crippen MR) is 274 cm³/mol. The Morgan fingerprint density at radius 3 is 1.54 bits per heavy atom. The lowest BCUT2D eigenvalue weighted by atomic mass is 10.1. The van der Waals surface area contributed by atoms with E-state index in [9.17, 15) is 8.42 Å². The molecule has 10 heteroatoms. The second-order valence-corrected chi connectivity index (χ2v) is 19.4. The van der Waals surface area contributed by atoms with Gasteiger partial charge in [0, 0.05) is 22.1 Å². The zero-order chi connectivity index (χ0) is 45.3. The first kappa shape index (κ1) is 38.5. The molecule has 0 saturated carbocycles. The number of fused-ring (bicyclic) bond motifs is 16. The third kappa shape index (κ3) is 5.52. The van der Waals surface area contributed by atoms with Gasteiger partial charge < -0.3 is 0 Å². The van der Waals surface area contributed by atoms with E-state index < -0.39 is 10.0 Å². The molecule has 324 valence electrons. The first-order valence-corrected chi connectivity index (χ1v) is 24.2. The average Bonchev–Trinajstić information content (AvgIpc) is 4.22. The Bertz CT molecular complexity index is 4510. The topological polar surface area (TPSA) is 83.5 Å². The summed E-state index contributed by atoms with van der Waals surface area (Å²) in [6.07, 6.45) is 1.01. The summed E-state index contributed by atoms with van der Waals surface area (Å²) >= 11 is 0. The van der Waals surface area contributed by atoms with Gasteiger partial charge in [0.15, 0.2) is 0 Å². The normalized spacial score (nSPS) is 12.5. The summed E-state index contributed by atoms with van der Waals surface area (Å²) in [5, 5.41) is 1.75. The summed E-state index contributed by atoms with van der Waals surface area (Å²) in [5.41, 5.74) is 18.5. The summed E-state index contributed by atoms with van der Waals surface area (Å²) in [6.45, 7) is 1.95. The van der Waals surface area contributed by atoms with Crippen LogP contribution in [0.25, 0.3) is 100.0 Å². The number of hydrogen-bond donors (Lipinski definition) is 0. The van der Waals surface area contributed by atoms with Crippen LogP contribution >= 0.6 is 0 Å². The van der Waals surface area contributed by atoms with Crippen LogP contribution in [0.3, 0.4) is 0 Å². The molecule has 0 spiro atoms. The summed E-state index contributed by atoms with van der Waals surface area (Å²) in [5.74, 6) is 1.77. The van der Waals surface area contributed by atoms with Crippen LogP contribution in [0.15, 0.2) is 211 Å². The van der Waals surface area contributed by atoms with Crippen molar-refractivity contribution in [3.05, 3.63) is 223 Å². The van der Waals surface area contributed by atoms with Crippen molar-refractivity contribution in [1.82, 2.24) is 31.9 Å². The van der Waals surface area contributed by atoms with Crippen LogP contribution in [0.2, 0.25) is 0 Å². The summed E-state index contributed by atoms with van der Waals surface area (Å²) < 4.78 is 38.2. The lowest BCUT2D eigenvalue weighted by Gasteiger charge is -2.10. The highest BCUT2D eigenvalue weighted by atomic mass is 32.2. The molecule has 0 saturated heterocycles. The van der Waals surface area contributed by atoms with Crippen LogP contribution < -0.4 is 0 Å². The summed E-state index contributed by atoms with van der Waals surface area (Å²) in [6, 6.07) is 69.5. The number of rotatable bonds is 4. The van der Waals surface area contributed by atoms with E-state index >= 15 is 0 Å². The van der Waals surface area contributed by atoms with E-state index in [4.69, 9.17) is 9.97 Å². The highest BCUT2D eigenvalue weighted by Crippen LogP contribution is 2.40. The van der Waals surface area contributed by atoms with E-state index in [1.165, 1.54) is 37.3 Å². The number of aryl methyl sites for hydroxylation is 1. The van der Waals surface area contributed by atoms with Gasteiger partial charge >= 0.3 is 0 Å². The Morgan fingerprint density at radius 1 is 0.412 bits per heavy atom. The van der Waals surface area contributed by atoms with Gasteiger partial charge in [-0.25, -0.2) is 22.4 Å². The van der Waals surface area contributed by atoms with Crippen molar-refractivity contribution >= 4 is 87.5 Å². The first-order valence-electron chi connectivity index (χ1n) is 22.7. The fourth-order valence-corrected chi connectivity index (χ4v) is 12.1. The number of imidazole rings is 4. The van der Waals surface area contributed by atoms with Gasteiger partial charge in [-0.2, -0.15) is 0 Å². The maximum Gasteiger partial charge on any atom is 0.268 e. The molecule has 0 aliphatic heterocycles. The van der Waals surface area contributed by atoms with E-state index in [0.717, 1.165) is 78.8 Å². The molecule has 9 aromatic carbocycles. The van der Waals surface area contributed by atoms with E-state index in [0.29, 0.717) is 11.0 Å². The number of nitrogens with zero attached hydrogens (tertiary/aromatic N) is 7. The fraction of sp³-hybridized carbons (Fsp3) is 0.0345. The van der Waals surface area contributed by atoms with Crippen molar-refractivity contribution in [3.63, 3.8) is 0 Å². The maximum absolute atomic E-state index is 13.9. The minimum Gasteiger partial charge on any atom is -0.278 e. The van der Waals surface area contributed by atoms with Gasteiger partial charge in [0.05, 0.1) is 60.1 Å². The molecule has 0 N–H and O–H groups in total. The van der Waals surface area contributed by atoms with Crippen molar-refractivity contribution in [3.8, 4) is 22.5 Å². The molecule has 0 bridgehead atoms. The second kappa shape index (κ2) is 14.4. The Morgan fingerprint density at radius 2 is 0.897 bits per heavy atom.